The summed E-state index contributed by atoms with van der Waals surface area (Å²) >= 11 is 1.29. The molecule has 1 atom stereocenters. The Hall–Kier alpha value is -3.16. The van der Waals surface area contributed by atoms with Gasteiger partial charge < -0.3 is 9.64 Å². The summed E-state index contributed by atoms with van der Waals surface area (Å²) in [5.74, 6) is 0.133. The summed E-state index contributed by atoms with van der Waals surface area (Å²) in [4.78, 5) is 33.0. The average Bonchev–Trinajstić information content (AvgIpc) is 2.83. The van der Waals surface area contributed by atoms with Crippen molar-refractivity contribution in [2.24, 2.45) is 0 Å². The first-order chi connectivity index (χ1) is 16.0. The summed E-state index contributed by atoms with van der Waals surface area (Å²) < 4.78 is 6.92. The lowest BCUT2D eigenvalue weighted by Gasteiger charge is -2.23. The second-order valence-electron chi connectivity index (χ2n) is 7.82. The highest BCUT2D eigenvalue weighted by atomic mass is 32.2. The van der Waals surface area contributed by atoms with Gasteiger partial charge in [0.05, 0.1) is 35.0 Å². The van der Waals surface area contributed by atoms with Gasteiger partial charge in [-0.25, -0.2) is 4.98 Å². The Labute approximate surface area is 197 Å². The van der Waals surface area contributed by atoms with Crippen LogP contribution in [-0.4, -0.2) is 41.5 Å². The summed E-state index contributed by atoms with van der Waals surface area (Å²) in [6.07, 6.45) is 0. The van der Waals surface area contributed by atoms with Crippen LogP contribution in [0.4, 0.5) is 5.69 Å². The molecule has 0 aliphatic heterocycles. The maximum Gasteiger partial charge on any atom is 0.262 e. The predicted molar refractivity (Wildman–Crippen MR) is 135 cm³/mol. The van der Waals surface area contributed by atoms with E-state index in [-0.39, 0.29) is 23.3 Å². The number of methoxy groups -OCH3 is 1. The largest absolute Gasteiger partial charge is 0.383 e. The number of rotatable bonds is 8. The van der Waals surface area contributed by atoms with Crippen molar-refractivity contribution in [3.8, 4) is 0 Å². The topological polar surface area (TPSA) is 64.4 Å². The number of fused-ring (bicyclic) bond motifs is 2. The Bertz CT molecular complexity index is 1350. The molecule has 4 rings (SSSR count). The lowest BCUT2D eigenvalue weighted by Crippen LogP contribution is -2.33. The van der Waals surface area contributed by atoms with Crippen molar-refractivity contribution in [2.75, 3.05) is 30.9 Å². The smallest absolute Gasteiger partial charge is 0.262 e. The highest BCUT2D eigenvalue weighted by Crippen LogP contribution is 2.28. The number of amides is 1. The molecule has 0 fully saturated rings. The zero-order chi connectivity index (χ0) is 23.4. The van der Waals surface area contributed by atoms with E-state index in [4.69, 9.17) is 9.72 Å². The molecule has 0 aliphatic carbocycles. The van der Waals surface area contributed by atoms with Gasteiger partial charge >= 0.3 is 0 Å². The minimum absolute atomic E-state index is 0.0350. The van der Waals surface area contributed by atoms with Crippen LogP contribution in [0.15, 0.2) is 76.7 Å². The maximum absolute atomic E-state index is 13.3. The number of thioether (sulfide) groups is 1. The first-order valence-electron chi connectivity index (χ1n) is 11.0. The molecule has 0 N–H and O–H groups in total. The van der Waals surface area contributed by atoms with Crippen LogP contribution in [0.3, 0.4) is 0 Å². The number of hydrogen-bond acceptors (Lipinski definition) is 5. The molecule has 1 heterocycles. The number of aromatic nitrogens is 2. The van der Waals surface area contributed by atoms with E-state index in [2.05, 4.69) is 0 Å². The van der Waals surface area contributed by atoms with Crippen LogP contribution < -0.4 is 10.5 Å². The molecule has 0 radical (unpaired) electrons. The number of ether oxygens (including phenoxy) is 1. The molecule has 0 saturated heterocycles. The molecule has 3 aromatic carbocycles. The highest BCUT2D eigenvalue weighted by molar-refractivity contribution is 7.99. The summed E-state index contributed by atoms with van der Waals surface area (Å²) in [5.41, 5.74) is 1.39. The minimum atomic E-state index is -0.211. The van der Waals surface area contributed by atoms with E-state index >= 15 is 0 Å². The molecule has 0 aliphatic rings. The summed E-state index contributed by atoms with van der Waals surface area (Å²) in [7, 11) is 1.61. The van der Waals surface area contributed by atoms with Gasteiger partial charge in [-0.05, 0) is 37.4 Å². The van der Waals surface area contributed by atoms with Gasteiger partial charge in [0.2, 0.25) is 5.91 Å². The molecule has 33 heavy (non-hydrogen) atoms. The van der Waals surface area contributed by atoms with E-state index < -0.39 is 0 Å². The van der Waals surface area contributed by atoms with Crippen molar-refractivity contribution in [3.05, 3.63) is 77.1 Å². The van der Waals surface area contributed by atoms with Crippen molar-refractivity contribution >= 4 is 45.0 Å². The first kappa shape index (κ1) is 23.0. The Morgan fingerprint density at radius 1 is 1.06 bits per heavy atom. The molecule has 170 valence electrons. The molecular weight excluding hydrogens is 434 g/mol. The van der Waals surface area contributed by atoms with Crippen LogP contribution in [0.2, 0.25) is 0 Å². The van der Waals surface area contributed by atoms with E-state index in [1.165, 1.54) is 11.8 Å². The van der Waals surface area contributed by atoms with Crippen molar-refractivity contribution in [3.63, 3.8) is 0 Å². The quantitative estimate of drug-likeness (QED) is 0.276. The van der Waals surface area contributed by atoms with Crippen LogP contribution in [0.1, 0.15) is 19.9 Å². The predicted octanol–water partition coefficient (Wildman–Crippen LogP) is 4.90. The maximum atomic E-state index is 13.3. The van der Waals surface area contributed by atoms with Crippen LogP contribution in [0, 0.1) is 0 Å². The fraction of sp³-hybridized carbons (Fsp3) is 0.269. The Balaban J connectivity index is 1.66. The highest BCUT2D eigenvalue weighted by Gasteiger charge is 2.20. The number of carbonyl (C=O) groups excluding carboxylic acids is 1. The summed E-state index contributed by atoms with van der Waals surface area (Å²) in [5, 5.41) is 3.20. The van der Waals surface area contributed by atoms with Gasteiger partial charge in [0, 0.05) is 19.0 Å². The second kappa shape index (κ2) is 10.2. The molecule has 7 heteroatoms. The van der Waals surface area contributed by atoms with Crippen molar-refractivity contribution in [1.82, 2.24) is 9.55 Å². The van der Waals surface area contributed by atoms with Gasteiger partial charge in [-0.1, -0.05) is 60.3 Å². The van der Waals surface area contributed by atoms with Crippen molar-refractivity contribution in [1.29, 1.82) is 0 Å². The molecule has 0 bridgehead atoms. The molecule has 4 aromatic rings. The lowest BCUT2D eigenvalue weighted by atomic mass is 10.1. The zero-order valence-electron chi connectivity index (χ0n) is 19.0. The van der Waals surface area contributed by atoms with Gasteiger partial charge in [-0.15, -0.1) is 0 Å². The standard InChI is InChI=1S/C26H27N3O3S/c1-4-28(23-15-9-11-19-10-5-6-12-20(19)23)24(30)17-33-26-27-22-14-8-7-13-21(22)25(31)29(26)18(2)16-32-3/h5-15,18H,4,16-17H2,1-3H3. The number of nitrogens with zero attached hydrogens (tertiary/aromatic N) is 3. The van der Waals surface area contributed by atoms with Crippen LogP contribution in [0.25, 0.3) is 21.7 Å². The zero-order valence-corrected chi connectivity index (χ0v) is 19.8. The molecule has 6 nitrogen and oxygen atoms in total. The first-order valence-corrected chi connectivity index (χ1v) is 11.9. The molecule has 1 unspecified atom stereocenters. The van der Waals surface area contributed by atoms with Crippen molar-refractivity contribution in [2.45, 2.75) is 25.0 Å². The van der Waals surface area contributed by atoms with Gasteiger partial charge in [0.25, 0.3) is 5.56 Å². The number of hydrogen-bond donors (Lipinski definition) is 0. The van der Waals surface area contributed by atoms with Crippen LogP contribution in [-0.2, 0) is 9.53 Å². The molecule has 0 spiro atoms. The fourth-order valence-electron chi connectivity index (χ4n) is 4.06. The van der Waals surface area contributed by atoms with E-state index in [9.17, 15) is 9.59 Å². The van der Waals surface area contributed by atoms with E-state index in [0.717, 1.165) is 16.5 Å². The van der Waals surface area contributed by atoms with Crippen molar-refractivity contribution < 1.29 is 9.53 Å². The molecular formula is C26H27N3O3S. The Morgan fingerprint density at radius 2 is 1.76 bits per heavy atom. The Morgan fingerprint density at radius 3 is 2.52 bits per heavy atom. The van der Waals surface area contributed by atoms with Crippen LogP contribution in [0.5, 0.6) is 0 Å². The average molecular weight is 462 g/mol. The van der Waals surface area contributed by atoms with Crippen LogP contribution >= 0.6 is 11.8 Å². The van der Waals surface area contributed by atoms with Gasteiger partial charge in [0.1, 0.15) is 0 Å². The lowest BCUT2D eigenvalue weighted by molar-refractivity contribution is -0.116. The molecule has 1 amide bonds. The Kier molecular flexibility index (Phi) is 7.11. The summed E-state index contributed by atoms with van der Waals surface area (Å²) in [6.45, 7) is 4.81. The number of para-hydroxylation sites is 1. The molecule has 0 saturated carbocycles. The number of carbonyl (C=O) groups is 1. The second-order valence-corrected chi connectivity index (χ2v) is 8.76. The number of benzene rings is 3. The minimum Gasteiger partial charge on any atom is -0.383 e. The number of anilines is 1. The van der Waals surface area contributed by atoms with Gasteiger partial charge in [-0.2, -0.15) is 0 Å². The van der Waals surface area contributed by atoms with E-state index in [1.54, 1.807) is 22.6 Å². The monoisotopic (exact) mass is 461 g/mol. The van der Waals surface area contributed by atoms with E-state index in [0.29, 0.717) is 29.2 Å². The third kappa shape index (κ3) is 4.65. The van der Waals surface area contributed by atoms with Gasteiger partial charge in [-0.3, -0.25) is 14.2 Å². The van der Waals surface area contributed by atoms with Gasteiger partial charge in [0.15, 0.2) is 5.16 Å². The molecule has 1 aromatic heterocycles. The van der Waals surface area contributed by atoms with E-state index in [1.807, 2.05) is 74.5 Å². The normalized spacial score (nSPS) is 12.2. The third-order valence-electron chi connectivity index (χ3n) is 5.62. The SMILES string of the molecule is CCN(C(=O)CSc1nc2ccccc2c(=O)n1C(C)COC)c1cccc2ccccc12. The summed E-state index contributed by atoms with van der Waals surface area (Å²) in [6, 6.07) is 21.1. The third-order valence-corrected chi connectivity index (χ3v) is 6.56. The fourth-order valence-corrected chi connectivity index (χ4v) is 5.03.